The molecule has 1 amide bonds. The summed E-state index contributed by atoms with van der Waals surface area (Å²) in [5.41, 5.74) is 7.47. The molecule has 0 bridgehead atoms. The highest BCUT2D eigenvalue weighted by Gasteiger charge is 2.31. The molecule has 0 spiro atoms. The highest BCUT2D eigenvalue weighted by Crippen LogP contribution is 2.30. The third-order valence-corrected chi connectivity index (χ3v) is 4.79. The van der Waals surface area contributed by atoms with Crippen molar-refractivity contribution >= 4 is 17.6 Å². The van der Waals surface area contributed by atoms with Crippen LogP contribution in [0.5, 0.6) is 0 Å². The van der Waals surface area contributed by atoms with Crippen molar-refractivity contribution in [2.24, 2.45) is 4.99 Å². The fraction of sp³-hybridized carbons (Fsp3) is 0.350. The molecule has 0 saturated carbocycles. The van der Waals surface area contributed by atoms with Crippen molar-refractivity contribution in [3.05, 3.63) is 47.8 Å². The second-order valence-corrected chi connectivity index (χ2v) is 6.75. The number of hydroxylamine groups is 1. The third kappa shape index (κ3) is 3.38. The molecule has 27 heavy (non-hydrogen) atoms. The molecule has 2 atom stereocenters. The first-order valence-electron chi connectivity index (χ1n) is 9.10. The van der Waals surface area contributed by atoms with E-state index < -0.39 is 0 Å². The van der Waals surface area contributed by atoms with Crippen molar-refractivity contribution in [1.29, 1.82) is 0 Å². The summed E-state index contributed by atoms with van der Waals surface area (Å²) in [6.07, 6.45) is 2.12. The Labute approximate surface area is 158 Å². The number of aliphatic imine (C=N–C) groups is 1. The van der Waals surface area contributed by atoms with Gasteiger partial charge < -0.3 is 4.74 Å². The predicted octanol–water partition coefficient (Wildman–Crippen LogP) is 3.42. The molecule has 7 heteroatoms. The summed E-state index contributed by atoms with van der Waals surface area (Å²) < 4.78 is 5.37. The van der Waals surface area contributed by atoms with Crippen LogP contribution in [0.4, 0.5) is 10.5 Å². The molecule has 2 aliphatic rings. The lowest BCUT2D eigenvalue weighted by molar-refractivity contribution is 0.0503. The second-order valence-electron chi connectivity index (χ2n) is 6.75. The minimum absolute atomic E-state index is 0.0351. The van der Waals surface area contributed by atoms with Gasteiger partial charge in [0.25, 0.3) is 0 Å². The van der Waals surface area contributed by atoms with Crippen LogP contribution >= 0.6 is 0 Å². The zero-order valence-electron chi connectivity index (χ0n) is 15.6. The Balaban J connectivity index is 1.56. The molecule has 1 N–H and O–H groups in total. The summed E-state index contributed by atoms with van der Waals surface area (Å²) in [6, 6.07) is 9.95. The molecule has 2 aliphatic heterocycles. The van der Waals surface area contributed by atoms with E-state index in [0.717, 1.165) is 34.5 Å². The van der Waals surface area contributed by atoms with Gasteiger partial charge in [-0.25, -0.2) is 20.1 Å². The van der Waals surface area contributed by atoms with Crippen LogP contribution in [0.3, 0.4) is 0 Å². The second kappa shape index (κ2) is 7.00. The fourth-order valence-corrected chi connectivity index (χ4v) is 3.27. The van der Waals surface area contributed by atoms with Crippen LogP contribution in [0.25, 0.3) is 11.1 Å². The van der Waals surface area contributed by atoms with Gasteiger partial charge in [-0.1, -0.05) is 19.1 Å². The van der Waals surface area contributed by atoms with Crippen molar-refractivity contribution in [3.63, 3.8) is 0 Å². The number of carbonyl (C=O) groups excluding carboxylic acids is 1. The van der Waals surface area contributed by atoms with Crippen LogP contribution in [0.1, 0.15) is 31.5 Å². The van der Waals surface area contributed by atoms with Gasteiger partial charge in [0.2, 0.25) is 0 Å². The average Bonchev–Trinajstić information content (AvgIpc) is 3.27. The van der Waals surface area contributed by atoms with Gasteiger partial charge in [-0.05, 0) is 49.6 Å². The van der Waals surface area contributed by atoms with Crippen LogP contribution in [-0.4, -0.2) is 35.8 Å². The van der Waals surface area contributed by atoms with Gasteiger partial charge in [-0.3, -0.25) is 9.88 Å². The Morgan fingerprint density at radius 1 is 1.26 bits per heavy atom. The zero-order chi connectivity index (χ0) is 19.0. The predicted molar refractivity (Wildman–Crippen MR) is 103 cm³/mol. The van der Waals surface area contributed by atoms with Gasteiger partial charge >= 0.3 is 6.09 Å². The Hall–Kier alpha value is -2.93. The summed E-state index contributed by atoms with van der Waals surface area (Å²) in [7, 11) is 0. The molecule has 0 aliphatic carbocycles. The maximum absolute atomic E-state index is 12.1. The number of rotatable bonds is 4. The molecular weight excluding hydrogens is 344 g/mol. The SMILES string of the molecule is CCC1CN(c2ccc(-c3ccc(C4=NC(C)ON4)nc3)cc2C)C(=O)O1. The molecule has 2 aromatic rings. The van der Waals surface area contributed by atoms with Crippen molar-refractivity contribution in [2.75, 3.05) is 11.4 Å². The minimum atomic E-state index is -0.273. The average molecular weight is 366 g/mol. The van der Waals surface area contributed by atoms with Crippen LogP contribution in [-0.2, 0) is 9.57 Å². The van der Waals surface area contributed by atoms with Crippen molar-refractivity contribution in [3.8, 4) is 11.1 Å². The number of nitrogens with zero attached hydrogens (tertiary/aromatic N) is 3. The van der Waals surface area contributed by atoms with Gasteiger partial charge in [0, 0.05) is 11.8 Å². The number of aryl methyl sites for hydroxylation is 1. The molecule has 1 aromatic carbocycles. The van der Waals surface area contributed by atoms with Crippen LogP contribution in [0.15, 0.2) is 41.5 Å². The van der Waals surface area contributed by atoms with E-state index in [-0.39, 0.29) is 18.4 Å². The van der Waals surface area contributed by atoms with Crippen molar-refractivity contribution < 1.29 is 14.4 Å². The van der Waals surface area contributed by atoms with Gasteiger partial charge in [0.15, 0.2) is 12.1 Å². The highest BCUT2D eigenvalue weighted by atomic mass is 16.7. The topological polar surface area (TPSA) is 76.0 Å². The maximum Gasteiger partial charge on any atom is 0.414 e. The normalized spacial score (nSPS) is 21.8. The van der Waals surface area contributed by atoms with Crippen LogP contribution in [0.2, 0.25) is 0 Å². The van der Waals surface area contributed by atoms with E-state index in [1.54, 1.807) is 4.90 Å². The molecule has 0 radical (unpaired) electrons. The van der Waals surface area contributed by atoms with E-state index >= 15 is 0 Å². The third-order valence-electron chi connectivity index (χ3n) is 4.79. The smallest absolute Gasteiger partial charge is 0.414 e. The highest BCUT2D eigenvalue weighted by molar-refractivity contribution is 5.97. The lowest BCUT2D eigenvalue weighted by atomic mass is 10.0. The number of benzene rings is 1. The zero-order valence-corrected chi connectivity index (χ0v) is 15.6. The molecule has 1 saturated heterocycles. The number of hydrogen-bond donors (Lipinski definition) is 1. The number of cyclic esters (lactones) is 1. The standard InChI is InChI=1S/C20H22N4O3/c1-4-16-11-24(20(25)26-16)18-8-6-14(9-12(18)2)15-5-7-17(21-10-15)19-22-13(3)27-23-19/h5-10,13,16H,4,11H2,1-3H3,(H,22,23). The van der Waals surface area contributed by atoms with E-state index in [1.807, 2.05) is 51.2 Å². The van der Waals surface area contributed by atoms with Crippen LogP contribution < -0.4 is 10.4 Å². The molecule has 1 aromatic heterocycles. The number of amides is 1. The molecular formula is C20H22N4O3. The van der Waals surface area contributed by atoms with Gasteiger partial charge in [-0.15, -0.1) is 0 Å². The first-order valence-corrected chi connectivity index (χ1v) is 9.10. The molecule has 2 unspecified atom stereocenters. The Morgan fingerprint density at radius 2 is 2.07 bits per heavy atom. The van der Waals surface area contributed by atoms with Crippen LogP contribution in [0, 0.1) is 6.92 Å². The fourth-order valence-electron chi connectivity index (χ4n) is 3.27. The van der Waals surface area contributed by atoms with E-state index in [9.17, 15) is 4.79 Å². The lowest BCUT2D eigenvalue weighted by Gasteiger charge is -2.17. The number of nitrogens with one attached hydrogen (secondary N) is 1. The lowest BCUT2D eigenvalue weighted by Crippen LogP contribution is -2.25. The summed E-state index contributed by atoms with van der Waals surface area (Å²) >= 11 is 0. The maximum atomic E-state index is 12.1. The molecule has 140 valence electrons. The van der Waals surface area contributed by atoms with E-state index in [2.05, 4.69) is 21.5 Å². The summed E-state index contributed by atoms with van der Waals surface area (Å²) in [4.78, 5) is 27.8. The molecule has 4 rings (SSSR count). The molecule has 3 heterocycles. The first kappa shape index (κ1) is 17.5. The quantitative estimate of drug-likeness (QED) is 0.897. The summed E-state index contributed by atoms with van der Waals surface area (Å²) in [5, 5.41) is 0. The Bertz CT molecular complexity index is 895. The van der Waals surface area contributed by atoms with E-state index in [0.29, 0.717) is 12.4 Å². The Morgan fingerprint density at radius 3 is 2.67 bits per heavy atom. The number of hydrogen-bond acceptors (Lipinski definition) is 6. The summed E-state index contributed by atoms with van der Waals surface area (Å²) in [5.74, 6) is 0.638. The van der Waals surface area contributed by atoms with Crippen molar-refractivity contribution in [2.45, 2.75) is 39.5 Å². The number of amidine groups is 1. The van der Waals surface area contributed by atoms with Gasteiger partial charge in [0.1, 0.15) is 11.8 Å². The number of ether oxygens (including phenoxy) is 1. The monoisotopic (exact) mass is 366 g/mol. The molecule has 1 fully saturated rings. The number of anilines is 1. The van der Waals surface area contributed by atoms with E-state index in [4.69, 9.17) is 9.57 Å². The number of aromatic nitrogens is 1. The van der Waals surface area contributed by atoms with Crippen molar-refractivity contribution in [1.82, 2.24) is 10.5 Å². The largest absolute Gasteiger partial charge is 0.444 e. The van der Waals surface area contributed by atoms with Gasteiger partial charge in [0.05, 0.1) is 12.2 Å². The minimum Gasteiger partial charge on any atom is -0.444 e. The number of carbonyl (C=O) groups is 1. The van der Waals surface area contributed by atoms with Gasteiger partial charge in [-0.2, -0.15) is 0 Å². The van der Waals surface area contributed by atoms with E-state index in [1.165, 1.54) is 0 Å². The number of pyridine rings is 1. The molecule has 7 nitrogen and oxygen atoms in total. The summed E-state index contributed by atoms with van der Waals surface area (Å²) in [6.45, 7) is 6.48. The first-order chi connectivity index (χ1) is 13.0. The Kier molecular flexibility index (Phi) is 4.53.